The number of hydrogen-bond acceptors (Lipinski definition) is 7. The van der Waals surface area contributed by atoms with Gasteiger partial charge >= 0.3 is 0 Å². The van der Waals surface area contributed by atoms with Crippen molar-refractivity contribution in [3.8, 4) is 5.88 Å². The smallest absolute Gasteiger partial charge is 0.225 e. The quantitative estimate of drug-likeness (QED) is 0.569. The Bertz CT molecular complexity index is 1080. The number of ether oxygens (including phenoxy) is 1. The van der Waals surface area contributed by atoms with E-state index in [2.05, 4.69) is 31.2 Å². The van der Waals surface area contributed by atoms with Gasteiger partial charge < -0.3 is 24.3 Å². The number of oxazole rings is 1. The van der Waals surface area contributed by atoms with Crippen LogP contribution in [0.3, 0.4) is 0 Å². The molecule has 1 aromatic carbocycles. The molecule has 0 aliphatic carbocycles. The Kier molecular flexibility index (Phi) is 6.20. The van der Waals surface area contributed by atoms with Crippen molar-refractivity contribution in [3.05, 3.63) is 42.3 Å². The van der Waals surface area contributed by atoms with E-state index in [0.29, 0.717) is 24.7 Å². The first-order valence-corrected chi connectivity index (χ1v) is 11.5. The van der Waals surface area contributed by atoms with Crippen LogP contribution in [0.15, 0.2) is 41.1 Å². The summed E-state index contributed by atoms with van der Waals surface area (Å²) < 4.78 is 11.3. The largest absolute Gasteiger partial charge is 0.478 e. The second-order valence-electron chi connectivity index (χ2n) is 8.42. The van der Waals surface area contributed by atoms with E-state index in [4.69, 9.17) is 9.15 Å². The summed E-state index contributed by atoms with van der Waals surface area (Å²) in [4.78, 5) is 25.4. The van der Waals surface area contributed by atoms with Gasteiger partial charge in [0.25, 0.3) is 0 Å². The number of nitrogens with one attached hydrogen (secondary N) is 1. The molecule has 1 N–H and O–H groups in total. The summed E-state index contributed by atoms with van der Waals surface area (Å²) in [5.41, 5.74) is 4.04. The predicted octanol–water partition coefficient (Wildman–Crippen LogP) is 3.48. The van der Waals surface area contributed by atoms with Crippen molar-refractivity contribution in [2.75, 3.05) is 49.5 Å². The minimum atomic E-state index is 0.0240. The summed E-state index contributed by atoms with van der Waals surface area (Å²) in [6, 6.07) is 10.0. The lowest BCUT2D eigenvalue weighted by Gasteiger charge is -2.23. The number of para-hydroxylation sites is 1. The predicted molar refractivity (Wildman–Crippen MR) is 123 cm³/mol. The minimum Gasteiger partial charge on any atom is -0.478 e. The van der Waals surface area contributed by atoms with Crippen LogP contribution in [0, 0.1) is 0 Å². The number of carbonyl (C=O) groups excluding carboxylic acids is 1. The molecule has 0 bridgehead atoms. The molecule has 32 heavy (non-hydrogen) atoms. The molecule has 0 saturated carbocycles. The van der Waals surface area contributed by atoms with Crippen molar-refractivity contribution in [1.29, 1.82) is 0 Å². The molecular weight excluding hydrogens is 406 g/mol. The number of nitrogens with zero attached hydrogens (tertiary/aromatic N) is 4. The van der Waals surface area contributed by atoms with Crippen LogP contribution in [0.5, 0.6) is 5.88 Å². The fraction of sp³-hybridized carbons (Fsp3) is 0.458. The maximum atomic E-state index is 11.6. The standard InChI is InChI=1S/C24H29N5O3/c30-21-9-7-18-8-10-22(27-24(18)26-21)31-16-2-1-11-28-12-4-13-29(15-14-28)19-5-3-6-20-23(19)25-17-32-20/h3,5-6,8,10,17H,1-2,4,7,9,11-16H2,(H,26,27,30). The zero-order valence-corrected chi connectivity index (χ0v) is 18.3. The lowest BCUT2D eigenvalue weighted by molar-refractivity contribution is -0.116. The third-order valence-electron chi connectivity index (χ3n) is 6.22. The number of fused-ring (bicyclic) bond motifs is 2. The molecule has 2 aliphatic rings. The van der Waals surface area contributed by atoms with Crippen LogP contribution in [0.1, 0.15) is 31.2 Å². The van der Waals surface area contributed by atoms with Crippen LogP contribution in [0.25, 0.3) is 11.1 Å². The summed E-state index contributed by atoms with van der Waals surface area (Å²) in [6.07, 6.45) is 5.99. The molecule has 2 aliphatic heterocycles. The van der Waals surface area contributed by atoms with E-state index in [1.807, 2.05) is 24.3 Å². The van der Waals surface area contributed by atoms with Crippen molar-refractivity contribution in [3.63, 3.8) is 0 Å². The van der Waals surface area contributed by atoms with Crippen LogP contribution in [-0.4, -0.2) is 60.1 Å². The number of aryl methyl sites for hydroxylation is 1. The van der Waals surface area contributed by atoms with Crippen molar-refractivity contribution in [2.45, 2.75) is 32.1 Å². The van der Waals surface area contributed by atoms with Crippen LogP contribution in [0.2, 0.25) is 0 Å². The summed E-state index contributed by atoms with van der Waals surface area (Å²) in [7, 11) is 0. The first-order valence-electron chi connectivity index (χ1n) is 11.5. The molecule has 0 atom stereocenters. The summed E-state index contributed by atoms with van der Waals surface area (Å²) >= 11 is 0. The SMILES string of the molecule is O=C1CCc2ccc(OCCCCN3CCCN(c4cccc5ocnc45)CC3)nc2N1. The number of unbranched alkanes of at least 4 members (excludes halogenated alkanes) is 1. The fourth-order valence-corrected chi connectivity index (χ4v) is 4.48. The van der Waals surface area contributed by atoms with E-state index in [-0.39, 0.29) is 5.91 Å². The molecular formula is C24H29N5O3. The van der Waals surface area contributed by atoms with Gasteiger partial charge in [-0.1, -0.05) is 6.07 Å². The Morgan fingerprint density at radius 3 is 3.00 bits per heavy atom. The number of anilines is 2. The number of benzene rings is 1. The highest BCUT2D eigenvalue weighted by molar-refractivity contribution is 5.92. The maximum absolute atomic E-state index is 11.6. The molecule has 8 nitrogen and oxygen atoms in total. The second-order valence-corrected chi connectivity index (χ2v) is 8.42. The molecule has 3 aromatic rings. The summed E-state index contributed by atoms with van der Waals surface area (Å²) in [5, 5.41) is 2.82. The lowest BCUT2D eigenvalue weighted by Crippen LogP contribution is -2.31. The number of rotatable bonds is 7. The molecule has 0 spiro atoms. The molecule has 8 heteroatoms. The number of amides is 1. The van der Waals surface area contributed by atoms with Crippen molar-refractivity contribution in [2.24, 2.45) is 0 Å². The maximum Gasteiger partial charge on any atom is 0.225 e. The van der Waals surface area contributed by atoms with Gasteiger partial charge in [0.1, 0.15) is 11.3 Å². The van der Waals surface area contributed by atoms with Gasteiger partial charge in [-0.2, -0.15) is 4.98 Å². The Morgan fingerprint density at radius 2 is 2.03 bits per heavy atom. The molecule has 168 valence electrons. The Balaban J connectivity index is 1.06. The van der Waals surface area contributed by atoms with Gasteiger partial charge in [-0.05, 0) is 62.5 Å². The van der Waals surface area contributed by atoms with E-state index in [1.165, 1.54) is 12.1 Å². The van der Waals surface area contributed by atoms with Crippen LogP contribution in [0.4, 0.5) is 11.5 Å². The van der Waals surface area contributed by atoms with Crippen LogP contribution < -0.4 is 15.0 Å². The molecule has 2 aromatic heterocycles. The van der Waals surface area contributed by atoms with Crippen molar-refractivity contribution >= 4 is 28.5 Å². The molecule has 1 amide bonds. The van der Waals surface area contributed by atoms with E-state index in [0.717, 1.165) is 75.1 Å². The normalized spacial score (nSPS) is 17.1. The fourth-order valence-electron chi connectivity index (χ4n) is 4.48. The Morgan fingerprint density at radius 1 is 1.06 bits per heavy atom. The average Bonchev–Trinajstić information content (AvgIpc) is 3.17. The van der Waals surface area contributed by atoms with Gasteiger partial charge in [-0.3, -0.25) is 4.79 Å². The number of carbonyl (C=O) groups is 1. The van der Waals surface area contributed by atoms with Gasteiger partial charge in [0.15, 0.2) is 12.0 Å². The van der Waals surface area contributed by atoms with Crippen LogP contribution in [-0.2, 0) is 11.2 Å². The molecule has 5 rings (SSSR count). The molecule has 0 radical (unpaired) electrons. The highest BCUT2D eigenvalue weighted by Gasteiger charge is 2.18. The number of pyridine rings is 1. The molecule has 1 fully saturated rings. The van der Waals surface area contributed by atoms with Crippen molar-refractivity contribution in [1.82, 2.24) is 14.9 Å². The Hall–Kier alpha value is -3.13. The van der Waals surface area contributed by atoms with E-state index in [1.54, 1.807) is 0 Å². The average molecular weight is 436 g/mol. The van der Waals surface area contributed by atoms with Gasteiger partial charge in [-0.15, -0.1) is 0 Å². The third-order valence-corrected chi connectivity index (χ3v) is 6.22. The zero-order valence-electron chi connectivity index (χ0n) is 18.3. The van der Waals surface area contributed by atoms with Gasteiger partial charge in [0, 0.05) is 32.1 Å². The lowest BCUT2D eigenvalue weighted by atomic mass is 10.1. The zero-order chi connectivity index (χ0) is 21.8. The Labute approximate surface area is 187 Å². The topological polar surface area (TPSA) is 83.7 Å². The molecule has 1 saturated heterocycles. The minimum absolute atomic E-state index is 0.0240. The highest BCUT2D eigenvalue weighted by atomic mass is 16.5. The monoisotopic (exact) mass is 435 g/mol. The second kappa shape index (κ2) is 9.56. The number of aromatic nitrogens is 2. The van der Waals surface area contributed by atoms with Crippen molar-refractivity contribution < 1.29 is 13.9 Å². The summed E-state index contributed by atoms with van der Waals surface area (Å²) in [5.74, 6) is 1.25. The molecule has 4 heterocycles. The first-order chi connectivity index (χ1) is 15.8. The van der Waals surface area contributed by atoms with Gasteiger partial charge in [-0.25, -0.2) is 4.98 Å². The third kappa shape index (κ3) is 4.70. The van der Waals surface area contributed by atoms with E-state index in [9.17, 15) is 4.79 Å². The first kappa shape index (κ1) is 20.8. The van der Waals surface area contributed by atoms with Gasteiger partial charge in [0.2, 0.25) is 11.8 Å². The molecule has 0 unspecified atom stereocenters. The number of hydrogen-bond donors (Lipinski definition) is 1. The van der Waals surface area contributed by atoms with Gasteiger partial charge in [0.05, 0.1) is 12.3 Å². The van der Waals surface area contributed by atoms with E-state index < -0.39 is 0 Å². The highest BCUT2D eigenvalue weighted by Crippen LogP contribution is 2.26. The van der Waals surface area contributed by atoms with E-state index >= 15 is 0 Å². The van der Waals surface area contributed by atoms with Crippen LogP contribution >= 0.6 is 0 Å². The summed E-state index contributed by atoms with van der Waals surface area (Å²) in [6.45, 7) is 5.88.